The lowest BCUT2D eigenvalue weighted by atomic mass is 9.98. The van der Waals surface area contributed by atoms with Crippen molar-refractivity contribution in [2.24, 2.45) is 5.92 Å². The molecule has 1 aromatic carbocycles. The molecule has 2 rings (SSSR count). The Hall–Kier alpha value is -1.95. The average molecular weight is 335 g/mol. The normalized spacial score (nSPS) is 17.3. The number of rotatable bonds is 6. The highest BCUT2D eigenvalue weighted by Crippen LogP contribution is 2.13. The van der Waals surface area contributed by atoms with Crippen molar-refractivity contribution in [2.75, 3.05) is 26.7 Å². The van der Waals surface area contributed by atoms with E-state index in [2.05, 4.69) is 15.5 Å². The fourth-order valence-electron chi connectivity index (χ4n) is 2.97. The Bertz CT molecular complexity index is 571. The Balaban J connectivity index is 1.75. The topological polar surface area (TPSA) is 61.4 Å². The van der Waals surface area contributed by atoms with E-state index in [1.165, 1.54) is 12.1 Å². The van der Waals surface area contributed by atoms with Crippen LogP contribution in [0.5, 0.6) is 0 Å². The molecule has 1 aliphatic heterocycles. The number of carbonyl (C=O) groups excluding carboxylic acids is 2. The molecule has 0 spiro atoms. The van der Waals surface area contributed by atoms with Crippen LogP contribution in [-0.2, 0) is 16.0 Å². The van der Waals surface area contributed by atoms with Gasteiger partial charge in [-0.1, -0.05) is 19.1 Å². The lowest BCUT2D eigenvalue weighted by Gasteiger charge is -2.32. The summed E-state index contributed by atoms with van der Waals surface area (Å²) in [5, 5.41) is 5.70. The molecule has 1 aromatic rings. The summed E-state index contributed by atoms with van der Waals surface area (Å²) in [5.41, 5.74) is 0.832. The van der Waals surface area contributed by atoms with Crippen molar-refractivity contribution in [3.8, 4) is 0 Å². The molecular formula is C18H26FN3O2. The second-order valence-electron chi connectivity index (χ2n) is 6.47. The summed E-state index contributed by atoms with van der Waals surface area (Å²) in [6, 6.07) is 6.53. The van der Waals surface area contributed by atoms with Crippen molar-refractivity contribution in [1.82, 2.24) is 15.5 Å². The minimum atomic E-state index is -0.274. The first-order valence-corrected chi connectivity index (χ1v) is 8.45. The number of benzene rings is 1. The van der Waals surface area contributed by atoms with Crippen molar-refractivity contribution < 1.29 is 14.0 Å². The molecule has 0 aliphatic carbocycles. The molecule has 0 saturated carbocycles. The monoisotopic (exact) mass is 335 g/mol. The molecule has 0 bridgehead atoms. The Labute approximate surface area is 142 Å². The number of amides is 2. The summed E-state index contributed by atoms with van der Waals surface area (Å²) in [5.74, 6) is -0.454. The number of hydrogen-bond donors (Lipinski definition) is 2. The highest BCUT2D eigenvalue weighted by molar-refractivity contribution is 5.79. The zero-order valence-electron chi connectivity index (χ0n) is 14.3. The van der Waals surface area contributed by atoms with Gasteiger partial charge in [0.15, 0.2) is 0 Å². The molecular weight excluding hydrogens is 309 g/mol. The maximum Gasteiger partial charge on any atom is 0.233 e. The Morgan fingerprint density at radius 3 is 2.67 bits per heavy atom. The molecule has 132 valence electrons. The molecule has 0 radical (unpaired) electrons. The molecule has 1 atom stereocenters. The summed E-state index contributed by atoms with van der Waals surface area (Å²) >= 11 is 0. The van der Waals surface area contributed by atoms with Gasteiger partial charge in [0.05, 0.1) is 6.54 Å². The predicted octanol–water partition coefficient (Wildman–Crippen LogP) is 1.33. The highest BCUT2D eigenvalue weighted by atomic mass is 19.1. The third-order valence-electron chi connectivity index (χ3n) is 4.46. The molecule has 5 nitrogen and oxygen atoms in total. The molecule has 0 aromatic heterocycles. The third-order valence-corrected chi connectivity index (χ3v) is 4.46. The van der Waals surface area contributed by atoms with E-state index < -0.39 is 0 Å². The first-order valence-electron chi connectivity index (χ1n) is 8.45. The van der Waals surface area contributed by atoms with Crippen LogP contribution in [0.25, 0.3) is 0 Å². The molecule has 1 unspecified atom stereocenters. The number of nitrogens with one attached hydrogen (secondary N) is 2. The van der Waals surface area contributed by atoms with Crippen LogP contribution in [0, 0.1) is 11.7 Å². The SMILES string of the molecule is CNC(=O)CN1CCC(NC(=O)C(C)Cc2cccc(F)c2)CC1. The van der Waals surface area contributed by atoms with E-state index in [0.29, 0.717) is 13.0 Å². The van der Waals surface area contributed by atoms with Crippen molar-refractivity contribution in [3.63, 3.8) is 0 Å². The number of nitrogens with zero attached hydrogens (tertiary/aromatic N) is 1. The molecule has 1 saturated heterocycles. The van der Waals surface area contributed by atoms with Gasteiger partial charge in [-0.2, -0.15) is 0 Å². The minimum absolute atomic E-state index is 0.00372. The van der Waals surface area contributed by atoms with E-state index in [4.69, 9.17) is 0 Å². The van der Waals surface area contributed by atoms with E-state index in [-0.39, 0.29) is 29.6 Å². The van der Waals surface area contributed by atoms with Gasteiger partial charge >= 0.3 is 0 Å². The first kappa shape index (κ1) is 18.4. The summed E-state index contributed by atoms with van der Waals surface area (Å²) in [6.45, 7) is 3.88. The molecule has 1 aliphatic rings. The van der Waals surface area contributed by atoms with Crippen LogP contribution in [0.2, 0.25) is 0 Å². The Kier molecular flexibility index (Phi) is 6.73. The van der Waals surface area contributed by atoms with Gasteiger partial charge in [-0.15, -0.1) is 0 Å². The van der Waals surface area contributed by atoms with E-state index >= 15 is 0 Å². The largest absolute Gasteiger partial charge is 0.358 e. The van der Waals surface area contributed by atoms with Crippen molar-refractivity contribution >= 4 is 11.8 Å². The molecule has 2 amide bonds. The van der Waals surface area contributed by atoms with Crippen LogP contribution in [0.15, 0.2) is 24.3 Å². The fourth-order valence-corrected chi connectivity index (χ4v) is 2.97. The van der Waals surface area contributed by atoms with E-state index in [1.54, 1.807) is 13.1 Å². The highest BCUT2D eigenvalue weighted by Gasteiger charge is 2.23. The summed E-state index contributed by atoms with van der Waals surface area (Å²) in [4.78, 5) is 25.8. The predicted molar refractivity (Wildman–Crippen MR) is 90.9 cm³/mol. The molecule has 2 N–H and O–H groups in total. The van der Waals surface area contributed by atoms with Gasteiger partial charge in [-0.05, 0) is 37.0 Å². The zero-order chi connectivity index (χ0) is 17.5. The lowest BCUT2D eigenvalue weighted by molar-refractivity contribution is -0.126. The molecule has 1 heterocycles. The minimum Gasteiger partial charge on any atom is -0.358 e. The van der Waals surface area contributed by atoms with Crippen LogP contribution >= 0.6 is 0 Å². The number of likely N-dealkylation sites (tertiary alicyclic amines) is 1. The van der Waals surface area contributed by atoms with E-state index in [1.807, 2.05) is 13.0 Å². The van der Waals surface area contributed by atoms with Crippen molar-refractivity contribution in [2.45, 2.75) is 32.2 Å². The standard InChI is InChI=1S/C18H26FN3O2/c1-13(10-14-4-3-5-15(19)11-14)18(24)21-16-6-8-22(9-7-16)12-17(23)20-2/h3-5,11,13,16H,6-10,12H2,1-2H3,(H,20,23)(H,21,24). The van der Waals surface area contributed by atoms with Gasteiger partial charge in [-0.25, -0.2) is 4.39 Å². The van der Waals surface area contributed by atoms with Crippen LogP contribution in [0.4, 0.5) is 4.39 Å². The average Bonchev–Trinajstić information content (AvgIpc) is 2.56. The van der Waals surface area contributed by atoms with Gasteiger partial charge in [0.25, 0.3) is 0 Å². The number of likely N-dealkylation sites (N-methyl/N-ethyl adjacent to an activating group) is 1. The Morgan fingerprint density at radius 1 is 1.33 bits per heavy atom. The second-order valence-corrected chi connectivity index (χ2v) is 6.47. The summed E-state index contributed by atoms with van der Waals surface area (Å²) in [7, 11) is 1.63. The third kappa shape index (κ3) is 5.60. The maximum atomic E-state index is 13.2. The van der Waals surface area contributed by atoms with Crippen LogP contribution in [-0.4, -0.2) is 49.4 Å². The van der Waals surface area contributed by atoms with Crippen molar-refractivity contribution in [1.29, 1.82) is 0 Å². The fraction of sp³-hybridized carbons (Fsp3) is 0.556. The quantitative estimate of drug-likeness (QED) is 0.824. The van der Waals surface area contributed by atoms with Crippen LogP contribution < -0.4 is 10.6 Å². The van der Waals surface area contributed by atoms with Gasteiger partial charge in [0.2, 0.25) is 11.8 Å². The Morgan fingerprint density at radius 2 is 2.04 bits per heavy atom. The van der Waals surface area contributed by atoms with Crippen molar-refractivity contribution in [3.05, 3.63) is 35.6 Å². The number of halogens is 1. The number of piperidine rings is 1. The smallest absolute Gasteiger partial charge is 0.233 e. The zero-order valence-corrected chi connectivity index (χ0v) is 14.3. The molecule has 1 fully saturated rings. The van der Waals surface area contributed by atoms with Gasteiger partial charge in [0, 0.05) is 32.1 Å². The maximum absolute atomic E-state index is 13.2. The van der Waals surface area contributed by atoms with Crippen LogP contribution in [0.1, 0.15) is 25.3 Å². The van der Waals surface area contributed by atoms with E-state index in [9.17, 15) is 14.0 Å². The number of carbonyl (C=O) groups is 2. The second kappa shape index (κ2) is 8.78. The summed E-state index contributed by atoms with van der Waals surface area (Å²) < 4.78 is 13.2. The number of hydrogen-bond acceptors (Lipinski definition) is 3. The first-order chi connectivity index (χ1) is 11.5. The van der Waals surface area contributed by atoms with E-state index in [0.717, 1.165) is 31.5 Å². The summed E-state index contributed by atoms with van der Waals surface area (Å²) in [6.07, 6.45) is 2.21. The molecule has 6 heteroatoms. The van der Waals surface area contributed by atoms with Gasteiger partial charge in [-0.3, -0.25) is 14.5 Å². The van der Waals surface area contributed by atoms with Crippen LogP contribution in [0.3, 0.4) is 0 Å². The van der Waals surface area contributed by atoms with Gasteiger partial charge < -0.3 is 10.6 Å². The lowest BCUT2D eigenvalue weighted by Crippen LogP contribution is -2.48. The van der Waals surface area contributed by atoms with Gasteiger partial charge in [0.1, 0.15) is 5.82 Å². The molecule has 24 heavy (non-hydrogen) atoms.